The second-order valence-corrected chi connectivity index (χ2v) is 16.2. The number of hydrogen-bond acceptors (Lipinski definition) is 4. The van der Waals surface area contributed by atoms with Crippen LogP contribution in [-0.2, 0) is 29.1 Å². The molecule has 0 saturated heterocycles. The standard InChI is InChI=1S/2C25H41NO2.Zn/c2*1-5-9-14-21(7-3)19-26(20-22(8-4)15-10-6-2)25(28)18-24(27)23-16-12-11-13-17-23;/h2*11-13,16-17,21-22H,5-10,14-15,18-20H2,1-4H3;/q;;+2. The van der Waals surface area contributed by atoms with Gasteiger partial charge in [0.2, 0.25) is 11.8 Å². The van der Waals surface area contributed by atoms with Gasteiger partial charge in [0, 0.05) is 37.3 Å². The van der Waals surface area contributed by atoms with Crippen LogP contribution in [0.3, 0.4) is 0 Å². The molecule has 0 aliphatic rings. The zero-order valence-corrected chi connectivity index (χ0v) is 40.8. The first-order valence-electron chi connectivity index (χ1n) is 22.8. The van der Waals surface area contributed by atoms with E-state index in [1.54, 1.807) is 24.3 Å². The third-order valence-corrected chi connectivity index (χ3v) is 11.6. The maximum absolute atomic E-state index is 13.1. The van der Waals surface area contributed by atoms with Crippen LogP contribution >= 0.6 is 0 Å². The van der Waals surface area contributed by atoms with E-state index in [0.717, 1.165) is 77.5 Å². The molecular weight excluding hydrogens is 758 g/mol. The molecule has 0 aliphatic carbocycles. The Labute approximate surface area is 362 Å². The van der Waals surface area contributed by atoms with Crippen LogP contribution < -0.4 is 0 Å². The minimum atomic E-state index is -0.0705. The number of unbranched alkanes of at least 4 members (excludes halogenated alkanes) is 4. The fourth-order valence-corrected chi connectivity index (χ4v) is 7.42. The summed E-state index contributed by atoms with van der Waals surface area (Å²) < 4.78 is 0. The minimum absolute atomic E-state index is 0. The third-order valence-electron chi connectivity index (χ3n) is 11.6. The van der Waals surface area contributed by atoms with E-state index in [2.05, 4.69) is 55.4 Å². The van der Waals surface area contributed by atoms with Crippen molar-refractivity contribution in [1.29, 1.82) is 0 Å². The van der Waals surface area contributed by atoms with E-state index in [0.29, 0.717) is 34.8 Å². The number of nitrogens with zero attached hydrogens (tertiary/aromatic N) is 2. The Morgan fingerprint density at radius 1 is 0.421 bits per heavy atom. The molecule has 0 aromatic heterocycles. The molecule has 6 nitrogen and oxygen atoms in total. The van der Waals surface area contributed by atoms with Crippen molar-refractivity contribution in [2.24, 2.45) is 23.7 Å². The zero-order valence-electron chi connectivity index (χ0n) is 37.9. The molecule has 0 N–H and O–H groups in total. The molecule has 2 aromatic carbocycles. The molecule has 7 heteroatoms. The summed E-state index contributed by atoms with van der Waals surface area (Å²) >= 11 is 0. The number of hydrogen-bond donors (Lipinski definition) is 0. The Hall–Kier alpha value is -2.66. The summed E-state index contributed by atoms with van der Waals surface area (Å²) in [5.74, 6) is 1.97. The molecule has 0 fully saturated rings. The van der Waals surface area contributed by atoms with Crippen molar-refractivity contribution in [3.8, 4) is 0 Å². The number of amides is 2. The summed E-state index contributed by atoms with van der Waals surface area (Å²) in [7, 11) is 0. The summed E-state index contributed by atoms with van der Waals surface area (Å²) in [5.41, 5.74) is 1.26. The van der Waals surface area contributed by atoms with Crippen molar-refractivity contribution < 1.29 is 38.7 Å². The van der Waals surface area contributed by atoms with Crippen molar-refractivity contribution in [2.45, 2.75) is 171 Å². The van der Waals surface area contributed by atoms with E-state index in [1.165, 1.54) is 51.4 Å². The zero-order chi connectivity index (χ0) is 41.6. The molecule has 0 radical (unpaired) electrons. The molecule has 57 heavy (non-hydrogen) atoms. The van der Waals surface area contributed by atoms with Gasteiger partial charge in [-0.1, -0.05) is 193 Å². The summed E-state index contributed by atoms with van der Waals surface area (Å²) in [6.07, 6.45) is 18.5. The topological polar surface area (TPSA) is 74.8 Å². The number of carbonyl (C=O) groups is 4. The largest absolute Gasteiger partial charge is 2.00 e. The molecule has 316 valence electrons. The van der Waals surface area contributed by atoms with E-state index in [4.69, 9.17) is 0 Å². The number of Topliss-reactive ketones (excluding diaryl/α,β-unsaturated/α-hetero) is 2. The first-order valence-corrected chi connectivity index (χ1v) is 22.8. The Bertz CT molecular complexity index is 1180. The molecule has 0 heterocycles. The predicted octanol–water partition coefficient (Wildman–Crippen LogP) is 13.0. The van der Waals surface area contributed by atoms with Crippen LogP contribution in [0.25, 0.3) is 0 Å². The number of ketones is 2. The van der Waals surface area contributed by atoms with E-state index >= 15 is 0 Å². The van der Waals surface area contributed by atoms with Gasteiger partial charge in [0.1, 0.15) is 0 Å². The Kier molecular flexibility index (Phi) is 32.6. The number of benzene rings is 2. The van der Waals surface area contributed by atoms with Gasteiger partial charge in [-0.25, -0.2) is 0 Å². The van der Waals surface area contributed by atoms with Gasteiger partial charge < -0.3 is 9.80 Å². The molecule has 0 bridgehead atoms. The van der Waals surface area contributed by atoms with Crippen LogP contribution in [-0.4, -0.2) is 59.4 Å². The maximum atomic E-state index is 13.1. The van der Waals surface area contributed by atoms with Gasteiger partial charge in [0.05, 0.1) is 12.8 Å². The molecule has 2 amide bonds. The molecule has 4 unspecified atom stereocenters. The van der Waals surface area contributed by atoms with E-state index < -0.39 is 0 Å². The molecule has 0 aliphatic heterocycles. The summed E-state index contributed by atoms with van der Waals surface area (Å²) in [4.78, 5) is 55.3. The molecule has 0 saturated carbocycles. The van der Waals surface area contributed by atoms with Crippen molar-refractivity contribution in [3.63, 3.8) is 0 Å². The predicted molar refractivity (Wildman–Crippen MR) is 237 cm³/mol. The van der Waals surface area contributed by atoms with Gasteiger partial charge in [0.15, 0.2) is 11.6 Å². The van der Waals surface area contributed by atoms with Crippen molar-refractivity contribution in [2.75, 3.05) is 26.2 Å². The van der Waals surface area contributed by atoms with Crippen LogP contribution in [0.1, 0.15) is 192 Å². The van der Waals surface area contributed by atoms with Crippen molar-refractivity contribution in [3.05, 3.63) is 71.8 Å². The van der Waals surface area contributed by atoms with Crippen molar-refractivity contribution >= 4 is 23.4 Å². The Morgan fingerprint density at radius 2 is 0.667 bits per heavy atom. The molecule has 2 aromatic rings. The second kappa shape index (κ2) is 34.2. The average molecular weight is 841 g/mol. The average Bonchev–Trinajstić information content (AvgIpc) is 3.23. The van der Waals surface area contributed by atoms with Gasteiger partial charge in [-0.3, -0.25) is 19.2 Å². The number of rotatable bonds is 30. The first kappa shape index (κ1) is 54.3. The van der Waals surface area contributed by atoms with Gasteiger partial charge in [-0.15, -0.1) is 0 Å². The monoisotopic (exact) mass is 839 g/mol. The normalized spacial score (nSPS) is 12.9. The van der Waals surface area contributed by atoms with Crippen LogP contribution in [0.15, 0.2) is 60.7 Å². The molecular formula is C50H82N2O4Zn+2. The second-order valence-electron chi connectivity index (χ2n) is 16.2. The van der Waals surface area contributed by atoms with Crippen LogP contribution in [0, 0.1) is 23.7 Å². The molecule has 0 spiro atoms. The van der Waals surface area contributed by atoms with Gasteiger partial charge >= 0.3 is 19.5 Å². The maximum Gasteiger partial charge on any atom is 2.00 e. The van der Waals surface area contributed by atoms with Gasteiger partial charge in [-0.2, -0.15) is 0 Å². The van der Waals surface area contributed by atoms with Crippen molar-refractivity contribution in [1.82, 2.24) is 9.80 Å². The molecule has 2 rings (SSSR count). The fourth-order valence-electron chi connectivity index (χ4n) is 7.42. The number of carbonyl (C=O) groups excluding carboxylic acids is 4. The molecule has 4 atom stereocenters. The Morgan fingerprint density at radius 3 is 0.877 bits per heavy atom. The van der Waals surface area contributed by atoms with Crippen LogP contribution in [0.4, 0.5) is 0 Å². The summed E-state index contributed by atoms with van der Waals surface area (Å²) in [6.45, 7) is 20.9. The quantitative estimate of drug-likeness (QED) is 0.0446. The van der Waals surface area contributed by atoms with Crippen LogP contribution in [0.5, 0.6) is 0 Å². The Balaban J connectivity index is 0.00000108. The smallest absolute Gasteiger partial charge is 0.342 e. The fraction of sp³-hybridized carbons (Fsp3) is 0.680. The minimum Gasteiger partial charge on any atom is -0.342 e. The SMILES string of the molecule is CCCCC(CC)CN(CC(CC)CCCC)C(=O)CC(=O)c1ccccc1.CCCCC(CC)CN(CC(CC)CCCC)C(=O)CC(=O)c1ccccc1.[Zn+2]. The van der Waals surface area contributed by atoms with E-state index in [-0.39, 0.29) is 55.7 Å². The first-order chi connectivity index (χ1) is 27.1. The van der Waals surface area contributed by atoms with E-state index in [1.807, 2.05) is 46.2 Å². The van der Waals surface area contributed by atoms with Gasteiger partial charge in [0.25, 0.3) is 0 Å². The summed E-state index contributed by atoms with van der Waals surface area (Å²) in [5, 5.41) is 0. The van der Waals surface area contributed by atoms with Crippen LogP contribution in [0.2, 0.25) is 0 Å². The van der Waals surface area contributed by atoms with E-state index in [9.17, 15) is 19.2 Å². The summed E-state index contributed by atoms with van der Waals surface area (Å²) in [6, 6.07) is 18.4. The third kappa shape index (κ3) is 23.5. The van der Waals surface area contributed by atoms with Gasteiger partial charge in [-0.05, 0) is 49.4 Å².